The van der Waals surface area contributed by atoms with Crippen molar-refractivity contribution >= 4 is 33.5 Å². The van der Waals surface area contributed by atoms with E-state index in [1.165, 1.54) is 4.57 Å². The molecule has 1 atom stereocenters. The summed E-state index contributed by atoms with van der Waals surface area (Å²) in [4.78, 5) is 30.5. The maximum absolute atomic E-state index is 13.4. The molecule has 1 aliphatic rings. The fourth-order valence-corrected chi connectivity index (χ4v) is 5.35. The summed E-state index contributed by atoms with van der Waals surface area (Å²) in [6.45, 7) is -0.152. The summed E-state index contributed by atoms with van der Waals surface area (Å²) >= 11 is 6.36. The third-order valence-electron chi connectivity index (χ3n) is 6.65. The molecule has 0 spiro atoms. The van der Waals surface area contributed by atoms with Crippen molar-refractivity contribution in [3.8, 4) is 16.9 Å². The molecular weight excluding hydrogens is 611 g/mol. The van der Waals surface area contributed by atoms with Gasteiger partial charge >= 0.3 is 21.6 Å². The molecule has 9 nitrogen and oxygen atoms in total. The third-order valence-corrected chi connectivity index (χ3v) is 7.93. The number of benzene rings is 3. The molecule has 43 heavy (non-hydrogen) atoms. The minimum atomic E-state index is -5.94. The summed E-state index contributed by atoms with van der Waals surface area (Å²) < 4.78 is 73.5. The molecule has 0 saturated carbocycles. The lowest BCUT2D eigenvalue weighted by Gasteiger charge is -2.16. The first-order valence-corrected chi connectivity index (χ1v) is 14.7. The highest BCUT2D eigenvalue weighted by Crippen LogP contribution is 2.32. The van der Waals surface area contributed by atoms with Gasteiger partial charge in [-0.1, -0.05) is 72.3 Å². The van der Waals surface area contributed by atoms with Crippen LogP contribution in [0.2, 0.25) is 5.15 Å². The smallest absolute Gasteiger partial charge is 0.459 e. The van der Waals surface area contributed by atoms with E-state index in [-0.39, 0.29) is 36.1 Å². The first kappa shape index (κ1) is 30.1. The fourth-order valence-electron chi connectivity index (χ4n) is 4.63. The molecule has 224 valence electrons. The molecule has 0 bridgehead atoms. The number of aromatic nitrogens is 2. The summed E-state index contributed by atoms with van der Waals surface area (Å²) in [5.41, 5.74) is -3.91. The number of esters is 1. The Morgan fingerprint density at radius 1 is 1.00 bits per heavy atom. The van der Waals surface area contributed by atoms with Gasteiger partial charge in [-0.3, -0.25) is 9.36 Å². The van der Waals surface area contributed by atoms with Crippen LogP contribution in [-0.4, -0.2) is 29.4 Å². The van der Waals surface area contributed by atoms with Gasteiger partial charge in [0.15, 0.2) is 11.0 Å². The van der Waals surface area contributed by atoms with Gasteiger partial charge in [-0.05, 0) is 53.3 Å². The molecule has 1 aliphatic heterocycles. The molecule has 2 heterocycles. The van der Waals surface area contributed by atoms with Gasteiger partial charge in [0, 0.05) is 6.54 Å². The Hall–Kier alpha value is -4.36. The van der Waals surface area contributed by atoms with E-state index in [2.05, 4.69) is 14.5 Å². The number of nitrogens with zero attached hydrogens (tertiary/aromatic N) is 2. The van der Waals surface area contributed by atoms with Gasteiger partial charge in [0.25, 0.3) is 5.56 Å². The maximum Gasteiger partial charge on any atom is 0.534 e. The number of carbonyl (C=O) groups is 1. The highest BCUT2D eigenvalue weighted by molar-refractivity contribution is 7.88. The number of rotatable bonds is 9. The number of alkyl halides is 3. The van der Waals surface area contributed by atoms with Crippen molar-refractivity contribution in [3.05, 3.63) is 111 Å². The molecule has 0 aliphatic carbocycles. The first-order chi connectivity index (χ1) is 20.4. The summed E-state index contributed by atoms with van der Waals surface area (Å²) in [6, 6.07) is 20.5. The van der Waals surface area contributed by atoms with Gasteiger partial charge in [0.05, 0.1) is 5.69 Å². The number of ether oxygens (including phenoxy) is 1. The topological polar surface area (TPSA) is 117 Å². The monoisotopic (exact) mass is 633 g/mol. The number of halogens is 4. The van der Waals surface area contributed by atoms with Gasteiger partial charge in [-0.15, -0.1) is 0 Å². The molecule has 0 radical (unpaired) electrons. The molecular formula is C29H23ClF3N3O6S. The van der Waals surface area contributed by atoms with E-state index in [0.717, 1.165) is 17.7 Å². The van der Waals surface area contributed by atoms with Gasteiger partial charge in [0.2, 0.25) is 0 Å². The molecule has 0 fully saturated rings. The molecule has 1 aromatic heterocycles. The van der Waals surface area contributed by atoms with Crippen molar-refractivity contribution in [1.82, 2.24) is 9.55 Å². The average Bonchev–Trinajstić information content (AvgIpc) is 3.44. The van der Waals surface area contributed by atoms with Crippen LogP contribution in [0.1, 0.15) is 29.3 Å². The maximum atomic E-state index is 13.4. The van der Waals surface area contributed by atoms with Crippen LogP contribution in [-0.2, 0) is 39.2 Å². The van der Waals surface area contributed by atoms with Crippen molar-refractivity contribution < 1.29 is 35.3 Å². The van der Waals surface area contributed by atoms with Crippen LogP contribution in [0.15, 0.2) is 83.7 Å². The van der Waals surface area contributed by atoms with Crippen LogP contribution in [0.5, 0.6) is 5.75 Å². The SMILES string of the molecule is O=C(OCc1ccccc1)C1CCc2c(Cl)nc(NCc3cc(OS(=O)(=O)C(F)(F)F)cc(-c4ccccc4)c3)c(=O)n21. The molecule has 1 N–H and O–H groups in total. The third kappa shape index (κ3) is 6.67. The molecule has 0 amide bonds. The average molecular weight is 634 g/mol. The summed E-state index contributed by atoms with van der Waals surface area (Å²) in [6.07, 6.45) is 0.598. The van der Waals surface area contributed by atoms with Crippen molar-refractivity contribution in [3.63, 3.8) is 0 Å². The van der Waals surface area contributed by atoms with Gasteiger partial charge in [0.1, 0.15) is 18.4 Å². The Morgan fingerprint density at radius 3 is 2.35 bits per heavy atom. The lowest BCUT2D eigenvalue weighted by Crippen LogP contribution is -2.31. The summed E-state index contributed by atoms with van der Waals surface area (Å²) in [5.74, 6) is -1.40. The zero-order valence-electron chi connectivity index (χ0n) is 22.2. The van der Waals surface area contributed by atoms with E-state index in [9.17, 15) is 31.2 Å². The minimum absolute atomic E-state index is 0.00112. The van der Waals surface area contributed by atoms with E-state index in [1.54, 1.807) is 48.5 Å². The fraction of sp³-hybridized carbons (Fsp3) is 0.207. The highest BCUT2D eigenvalue weighted by Gasteiger charge is 2.48. The number of nitrogens with one attached hydrogen (secondary N) is 1. The second-order valence-corrected chi connectivity index (χ2v) is 11.5. The lowest BCUT2D eigenvalue weighted by molar-refractivity contribution is -0.148. The summed E-state index contributed by atoms with van der Waals surface area (Å²) in [5, 5.41) is 2.81. The standard InChI is InChI=1S/C29H23ClF3N3O6S/c30-25-23-11-12-24(28(38)41-17-18-7-3-1-4-8-18)36(23)27(37)26(35-25)34-16-19-13-21(20-9-5-2-6-10-20)15-22(14-19)42-43(39,40)29(31,32)33/h1-10,13-15,24H,11-12,16-17H2,(H,34,35). The first-order valence-electron chi connectivity index (χ1n) is 12.9. The lowest BCUT2D eigenvalue weighted by atomic mass is 10.0. The van der Waals surface area contributed by atoms with E-state index in [1.807, 2.05) is 18.2 Å². The van der Waals surface area contributed by atoms with Crippen LogP contribution in [0.25, 0.3) is 11.1 Å². The van der Waals surface area contributed by atoms with Crippen molar-refractivity contribution in [2.75, 3.05) is 5.32 Å². The number of hydrogen-bond acceptors (Lipinski definition) is 8. The molecule has 0 saturated heterocycles. The van der Waals surface area contributed by atoms with Crippen LogP contribution in [0.3, 0.4) is 0 Å². The van der Waals surface area contributed by atoms with Crippen LogP contribution in [0.4, 0.5) is 19.0 Å². The molecule has 4 aromatic rings. The van der Waals surface area contributed by atoms with Crippen LogP contribution < -0.4 is 15.1 Å². The Bertz CT molecular complexity index is 1820. The highest BCUT2D eigenvalue weighted by atomic mass is 35.5. The quantitative estimate of drug-likeness (QED) is 0.143. The Balaban J connectivity index is 1.41. The van der Waals surface area contributed by atoms with E-state index in [0.29, 0.717) is 23.2 Å². The normalized spacial score (nSPS) is 14.7. The Labute approximate surface area is 249 Å². The van der Waals surface area contributed by atoms with E-state index < -0.39 is 38.9 Å². The van der Waals surface area contributed by atoms with Crippen LogP contribution >= 0.6 is 11.6 Å². The predicted octanol–water partition coefficient (Wildman–Crippen LogP) is 5.63. The van der Waals surface area contributed by atoms with Gasteiger partial charge in [-0.25, -0.2) is 9.78 Å². The van der Waals surface area contributed by atoms with Gasteiger partial charge < -0.3 is 14.2 Å². The number of anilines is 1. The zero-order chi connectivity index (χ0) is 30.8. The van der Waals surface area contributed by atoms with E-state index >= 15 is 0 Å². The molecule has 14 heteroatoms. The molecule has 1 unspecified atom stereocenters. The van der Waals surface area contributed by atoms with Gasteiger partial charge in [-0.2, -0.15) is 21.6 Å². The molecule has 5 rings (SSSR count). The second-order valence-electron chi connectivity index (χ2n) is 9.59. The Kier molecular flexibility index (Phi) is 8.47. The summed E-state index contributed by atoms with van der Waals surface area (Å²) in [7, 11) is -5.94. The van der Waals surface area contributed by atoms with Crippen molar-refractivity contribution in [1.29, 1.82) is 0 Å². The largest absolute Gasteiger partial charge is 0.534 e. The predicted molar refractivity (Wildman–Crippen MR) is 152 cm³/mol. The van der Waals surface area contributed by atoms with E-state index in [4.69, 9.17) is 16.3 Å². The van der Waals surface area contributed by atoms with Crippen molar-refractivity contribution in [2.24, 2.45) is 0 Å². The molecule has 3 aromatic carbocycles. The number of hydrogen-bond donors (Lipinski definition) is 1. The second kappa shape index (κ2) is 12.1. The van der Waals surface area contributed by atoms with Crippen molar-refractivity contribution in [2.45, 2.75) is 37.5 Å². The Morgan fingerprint density at radius 2 is 1.67 bits per heavy atom. The minimum Gasteiger partial charge on any atom is -0.459 e. The van der Waals surface area contributed by atoms with Crippen LogP contribution in [0, 0.1) is 0 Å². The number of carbonyl (C=O) groups excluding carboxylic acids is 1. The zero-order valence-corrected chi connectivity index (χ0v) is 23.7. The number of fused-ring (bicyclic) bond motifs is 1.